The highest BCUT2D eigenvalue weighted by atomic mass is 35.5. The molecule has 0 aliphatic carbocycles. The van der Waals surface area contributed by atoms with Gasteiger partial charge in [0.1, 0.15) is 5.75 Å². The van der Waals surface area contributed by atoms with Crippen LogP contribution in [0.15, 0.2) is 18.2 Å². The van der Waals surface area contributed by atoms with E-state index in [0.717, 1.165) is 5.56 Å². The molecule has 1 saturated heterocycles. The van der Waals surface area contributed by atoms with Crippen LogP contribution in [0.4, 0.5) is 0 Å². The zero-order chi connectivity index (χ0) is 16.3. The van der Waals surface area contributed by atoms with Crippen LogP contribution in [0.3, 0.4) is 0 Å². The van der Waals surface area contributed by atoms with Crippen molar-refractivity contribution in [2.45, 2.75) is 25.4 Å². The van der Waals surface area contributed by atoms with Crippen molar-refractivity contribution >= 4 is 23.5 Å². The van der Waals surface area contributed by atoms with E-state index in [2.05, 4.69) is 0 Å². The summed E-state index contributed by atoms with van der Waals surface area (Å²) in [6, 6.07) is 5.13. The van der Waals surface area contributed by atoms with Crippen LogP contribution in [0, 0.1) is 6.92 Å². The number of carbonyl (C=O) groups is 2. The van der Waals surface area contributed by atoms with Gasteiger partial charge in [-0.2, -0.15) is 0 Å². The van der Waals surface area contributed by atoms with Crippen molar-refractivity contribution in [2.75, 3.05) is 19.7 Å². The molecular weight excluding hydrogens is 310 g/mol. The average Bonchev–Trinajstić information content (AvgIpc) is 2.46. The Balaban J connectivity index is 1.87. The molecule has 0 aromatic heterocycles. The molecule has 1 aromatic rings. The van der Waals surface area contributed by atoms with E-state index in [9.17, 15) is 14.7 Å². The zero-order valence-corrected chi connectivity index (χ0v) is 13.0. The third-order valence-electron chi connectivity index (χ3n) is 3.83. The van der Waals surface area contributed by atoms with Crippen molar-refractivity contribution in [3.05, 3.63) is 28.8 Å². The minimum atomic E-state index is -1.73. The van der Waals surface area contributed by atoms with Gasteiger partial charge in [-0.15, -0.1) is 0 Å². The molecule has 0 unspecified atom stereocenters. The molecular formula is C15H18ClNO5. The molecule has 2 rings (SSSR count). The molecule has 120 valence electrons. The number of piperidine rings is 1. The highest BCUT2D eigenvalue weighted by molar-refractivity contribution is 6.30. The van der Waals surface area contributed by atoms with Gasteiger partial charge in [0.25, 0.3) is 5.91 Å². The Bertz CT molecular complexity index is 581. The maximum atomic E-state index is 12.1. The van der Waals surface area contributed by atoms with Crippen LogP contribution in [-0.4, -0.2) is 52.3 Å². The number of halogens is 1. The number of carboxylic acids is 1. The van der Waals surface area contributed by atoms with Gasteiger partial charge in [-0.25, -0.2) is 4.79 Å². The molecule has 22 heavy (non-hydrogen) atoms. The van der Waals surface area contributed by atoms with Gasteiger partial charge in [0.2, 0.25) is 0 Å². The van der Waals surface area contributed by atoms with Crippen molar-refractivity contribution in [2.24, 2.45) is 0 Å². The number of aliphatic hydroxyl groups is 1. The molecule has 0 bridgehead atoms. The Labute approximate surface area is 133 Å². The molecule has 1 fully saturated rings. The number of amides is 1. The summed E-state index contributed by atoms with van der Waals surface area (Å²) in [6.45, 7) is 2.10. The fraction of sp³-hybridized carbons (Fsp3) is 0.467. The van der Waals surface area contributed by atoms with Crippen LogP contribution in [0.2, 0.25) is 5.02 Å². The Hall–Kier alpha value is -1.79. The summed E-state index contributed by atoms with van der Waals surface area (Å²) >= 11 is 5.85. The lowest BCUT2D eigenvalue weighted by molar-refractivity contribution is -0.165. The lowest BCUT2D eigenvalue weighted by Crippen LogP contribution is -2.51. The predicted molar refractivity (Wildman–Crippen MR) is 80.1 cm³/mol. The van der Waals surface area contributed by atoms with Crippen molar-refractivity contribution in [3.8, 4) is 5.75 Å². The van der Waals surface area contributed by atoms with E-state index in [1.807, 2.05) is 6.92 Å². The van der Waals surface area contributed by atoms with E-state index in [4.69, 9.17) is 21.4 Å². The lowest BCUT2D eigenvalue weighted by Gasteiger charge is -2.35. The van der Waals surface area contributed by atoms with E-state index in [-0.39, 0.29) is 38.4 Å². The first kappa shape index (κ1) is 16.6. The number of carboxylic acid groups (broad SMARTS) is 1. The number of nitrogens with zero attached hydrogens (tertiary/aromatic N) is 1. The normalized spacial score (nSPS) is 17.1. The summed E-state index contributed by atoms with van der Waals surface area (Å²) in [5, 5.41) is 19.4. The number of carbonyl (C=O) groups excluding carboxylic acids is 1. The second-order valence-corrected chi connectivity index (χ2v) is 5.85. The first-order chi connectivity index (χ1) is 10.3. The van der Waals surface area contributed by atoms with Crippen LogP contribution >= 0.6 is 11.6 Å². The Morgan fingerprint density at radius 2 is 2.00 bits per heavy atom. The number of benzene rings is 1. The van der Waals surface area contributed by atoms with Crippen LogP contribution in [-0.2, 0) is 9.59 Å². The van der Waals surface area contributed by atoms with Crippen molar-refractivity contribution in [1.82, 2.24) is 4.90 Å². The van der Waals surface area contributed by atoms with Gasteiger partial charge in [0.15, 0.2) is 12.2 Å². The Morgan fingerprint density at radius 1 is 1.36 bits per heavy atom. The van der Waals surface area contributed by atoms with Crippen LogP contribution < -0.4 is 4.74 Å². The molecule has 0 atom stereocenters. The molecule has 1 heterocycles. The van der Waals surface area contributed by atoms with Crippen LogP contribution in [0.5, 0.6) is 5.75 Å². The third-order valence-corrected chi connectivity index (χ3v) is 4.06. The number of rotatable bonds is 4. The maximum absolute atomic E-state index is 12.1. The first-order valence-electron chi connectivity index (χ1n) is 6.94. The topological polar surface area (TPSA) is 87.1 Å². The van der Waals surface area contributed by atoms with Gasteiger partial charge in [-0.1, -0.05) is 11.6 Å². The average molecular weight is 328 g/mol. The predicted octanol–water partition coefficient (Wildman–Crippen LogP) is 1.47. The fourth-order valence-electron chi connectivity index (χ4n) is 2.35. The smallest absolute Gasteiger partial charge is 0.335 e. The SMILES string of the molecule is Cc1cc(Cl)ccc1OCC(=O)N1CCC(O)(C(=O)O)CC1. The largest absolute Gasteiger partial charge is 0.483 e. The summed E-state index contributed by atoms with van der Waals surface area (Å²) < 4.78 is 5.48. The van der Waals surface area contributed by atoms with Crippen LogP contribution in [0.25, 0.3) is 0 Å². The number of aryl methyl sites for hydroxylation is 1. The minimum Gasteiger partial charge on any atom is -0.483 e. The van der Waals surface area contributed by atoms with Gasteiger partial charge in [-0.05, 0) is 30.7 Å². The van der Waals surface area contributed by atoms with E-state index < -0.39 is 11.6 Å². The molecule has 0 radical (unpaired) electrons. The number of aliphatic carboxylic acids is 1. The summed E-state index contributed by atoms with van der Waals surface area (Å²) in [6.07, 6.45) is 0.0437. The van der Waals surface area contributed by atoms with E-state index in [0.29, 0.717) is 10.8 Å². The highest BCUT2D eigenvalue weighted by Crippen LogP contribution is 2.24. The lowest BCUT2D eigenvalue weighted by atomic mass is 9.92. The molecule has 6 nitrogen and oxygen atoms in total. The number of hydrogen-bond acceptors (Lipinski definition) is 4. The van der Waals surface area contributed by atoms with Crippen molar-refractivity contribution in [1.29, 1.82) is 0 Å². The van der Waals surface area contributed by atoms with Gasteiger partial charge in [0, 0.05) is 31.0 Å². The fourth-order valence-corrected chi connectivity index (χ4v) is 2.57. The molecule has 7 heteroatoms. The van der Waals surface area contributed by atoms with Gasteiger partial charge in [0.05, 0.1) is 0 Å². The monoisotopic (exact) mass is 327 g/mol. The summed E-state index contributed by atoms with van der Waals surface area (Å²) in [4.78, 5) is 24.5. The third kappa shape index (κ3) is 3.69. The molecule has 2 N–H and O–H groups in total. The molecule has 0 saturated carbocycles. The standard InChI is InChI=1S/C15H18ClNO5/c1-10-8-11(16)2-3-12(10)22-9-13(18)17-6-4-15(21,5-7-17)14(19)20/h2-3,8,21H,4-7,9H2,1H3,(H,19,20). The zero-order valence-electron chi connectivity index (χ0n) is 12.2. The minimum absolute atomic E-state index is 0.0219. The molecule has 1 amide bonds. The number of ether oxygens (including phenoxy) is 1. The van der Waals surface area contributed by atoms with E-state index in [1.54, 1.807) is 18.2 Å². The highest BCUT2D eigenvalue weighted by Gasteiger charge is 2.40. The maximum Gasteiger partial charge on any atom is 0.335 e. The van der Waals surface area contributed by atoms with Gasteiger partial charge < -0.3 is 19.8 Å². The molecule has 1 aliphatic rings. The first-order valence-corrected chi connectivity index (χ1v) is 7.32. The second kappa shape index (κ2) is 6.54. The van der Waals surface area contributed by atoms with Gasteiger partial charge >= 0.3 is 5.97 Å². The Morgan fingerprint density at radius 3 is 2.55 bits per heavy atom. The van der Waals surface area contributed by atoms with Crippen molar-refractivity contribution < 1.29 is 24.5 Å². The Kier molecular flexibility index (Phi) is 4.93. The van der Waals surface area contributed by atoms with Crippen molar-refractivity contribution in [3.63, 3.8) is 0 Å². The van der Waals surface area contributed by atoms with E-state index >= 15 is 0 Å². The second-order valence-electron chi connectivity index (χ2n) is 5.42. The van der Waals surface area contributed by atoms with Crippen LogP contribution in [0.1, 0.15) is 18.4 Å². The molecule has 0 spiro atoms. The number of hydrogen-bond donors (Lipinski definition) is 2. The summed E-state index contributed by atoms with van der Waals surface area (Å²) in [5.74, 6) is -0.897. The van der Waals surface area contributed by atoms with Gasteiger partial charge in [-0.3, -0.25) is 4.79 Å². The quantitative estimate of drug-likeness (QED) is 0.874. The molecule has 1 aliphatic heterocycles. The van der Waals surface area contributed by atoms with E-state index in [1.165, 1.54) is 4.90 Å². The summed E-state index contributed by atoms with van der Waals surface area (Å²) in [7, 11) is 0. The molecule has 1 aromatic carbocycles. The number of likely N-dealkylation sites (tertiary alicyclic amines) is 1. The summed E-state index contributed by atoms with van der Waals surface area (Å²) in [5.41, 5.74) is -0.899.